The van der Waals surface area contributed by atoms with Crippen molar-refractivity contribution < 1.29 is 13.9 Å². The van der Waals surface area contributed by atoms with Gasteiger partial charge < -0.3 is 15.8 Å². The Labute approximate surface area is 154 Å². The maximum absolute atomic E-state index is 13.5. The van der Waals surface area contributed by atoms with Crippen molar-refractivity contribution in [3.05, 3.63) is 70.4 Å². The molecule has 1 amide bonds. The van der Waals surface area contributed by atoms with Gasteiger partial charge >= 0.3 is 0 Å². The predicted octanol–water partition coefficient (Wildman–Crippen LogP) is 1.30. The first-order valence-electron chi connectivity index (χ1n) is 8.45. The minimum Gasteiger partial charge on any atom is -0.491 e. The summed E-state index contributed by atoms with van der Waals surface area (Å²) in [4.78, 5) is 24.8. The first kappa shape index (κ1) is 18.5. The molecule has 1 heterocycles. The Balaban J connectivity index is 1.69. The van der Waals surface area contributed by atoms with Gasteiger partial charge in [-0.05, 0) is 24.3 Å². The molecule has 2 aromatic carbocycles. The van der Waals surface area contributed by atoms with E-state index in [1.165, 1.54) is 16.8 Å². The van der Waals surface area contributed by atoms with Crippen LogP contribution in [0.5, 0.6) is 5.75 Å². The van der Waals surface area contributed by atoms with Crippen LogP contribution in [-0.4, -0.2) is 35.4 Å². The normalized spacial score (nSPS) is 10.7. The molecule has 0 aliphatic heterocycles. The highest BCUT2D eigenvalue weighted by Crippen LogP contribution is 2.19. The molecule has 0 aliphatic rings. The molecule has 0 saturated heterocycles. The van der Waals surface area contributed by atoms with E-state index >= 15 is 0 Å². The van der Waals surface area contributed by atoms with Crippen LogP contribution in [-0.2, 0) is 6.54 Å². The third kappa shape index (κ3) is 4.29. The van der Waals surface area contributed by atoms with Gasteiger partial charge in [-0.2, -0.15) is 5.10 Å². The number of aromatic nitrogens is 2. The summed E-state index contributed by atoms with van der Waals surface area (Å²) in [7, 11) is 0. The van der Waals surface area contributed by atoms with Crippen molar-refractivity contribution in [3.8, 4) is 5.75 Å². The molecule has 0 bridgehead atoms. The van der Waals surface area contributed by atoms with E-state index in [-0.39, 0.29) is 43.1 Å². The number of hydrogen-bond acceptors (Lipinski definition) is 5. The van der Waals surface area contributed by atoms with Gasteiger partial charge in [0.1, 0.15) is 18.2 Å². The van der Waals surface area contributed by atoms with E-state index in [0.29, 0.717) is 5.39 Å². The molecule has 3 rings (SSSR count). The summed E-state index contributed by atoms with van der Waals surface area (Å²) >= 11 is 0. The lowest BCUT2D eigenvalue weighted by Gasteiger charge is -2.12. The second-order valence-electron chi connectivity index (χ2n) is 5.79. The molecule has 0 saturated carbocycles. The van der Waals surface area contributed by atoms with Crippen LogP contribution in [0.2, 0.25) is 0 Å². The van der Waals surface area contributed by atoms with Crippen LogP contribution in [0.15, 0.2) is 53.5 Å². The Bertz CT molecular complexity index is 1020. The van der Waals surface area contributed by atoms with E-state index in [1.807, 2.05) is 12.1 Å². The fraction of sp³-hybridized carbons (Fsp3) is 0.211. The predicted molar refractivity (Wildman–Crippen MR) is 99.3 cm³/mol. The van der Waals surface area contributed by atoms with Crippen LogP contribution in [0.25, 0.3) is 10.8 Å². The number of halogens is 1. The van der Waals surface area contributed by atoms with Crippen molar-refractivity contribution in [1.82, 2.24) is 15.1 Å². The SMILES string of the molecule is NCCOc1ccc(F)cc1C(=O)NCCn1ncc2ccccc2c1=O. The van der Waals surface area contributed by atoms with Crippen LogP contribution in [0, 0.1) is 5.82 Å². The average Bonchev–Trinajstić information content (AvgIpc) is 2.69. The molecule has 0 radical (unpaired) electrons. The first-order chi connectivity index (χ1) is 13.1. The number of fused-ring (bicyclic) bond motifs is 1. The standard InChI is InChI=1S/C19H19FN4O3/c20-14-5-6-17(27-10-7-21)16(11-14)18(25)22-8-9-24-19(26)15-4-2-1-3-13(15)12-23-24/h1-6,11-12H,7-10,21H2,(H,22,25). The Kier molecular flexibility index (Phi) is 5.77. The van der Waals surface area contributed by atoms with E-state index in [4.69, 9.17) is 10.5 Å². The Morgan fingerprint density at radius 3 is 2.89 bits per heavy atom. The molecule has 3 N–H and O–H groups in total. The second kappa shape index (κ2) is 8.41. The number of amides is 1. The van der Waals surface area contributed by atoms with E-state index in [0.717, 1.165) is 11.5 Å². The number of ether oxygens (including phenoxy) is 1. The van der Waals surface area contributed by atoms with E-state index in [9.17, 15) is 14.0 Å². The smallest absolute Gasteiger partial charge is 0.274 e. The number of benzene rings is 2. The molecule has 0 spiro atoms. The Morgan fingerprint density at radius 2 is 2.07 bits per heavy atom. The van der Waals surface area contributed by atoms with E-state index < -0.39 is 11.7 Å². The van der Waals surface area contributed by atoms with Gasteiger partial charge in [-0.15, -0.1) is 0 Å². The molecule has 1 aromatic heterocycles. The van der Waals surface area contributed by atoms with Crippen molar-refractivity contribution in [2.75, 3.05) is 19.7 Å². The van der Waals surface area contributed by atoms with Gasteiger partial charge in [0.15, 0.2) is 0 Å². The zero-order valence-corrected chi connectivity index (χ0v) is 14.5. The van der Waals surface area contributed by atoms with Crippen LogP contribution >= 0.6 is 0 Å². The van der Waals surface area contributed by atoms with E-state index in [2.05, 4.69) is 10.4 Å². The number of carbonyl (C=O) groups excluding carboxylic acids is 1. The fourth-order valence-electron chi connectivity index (χ4n) is 2.63. The van der Waals surface area contributed by atoms with Crippen LogP contribution in [0.4, 0.5) is 4.39 Å². The lowest BCUT2D eigenvalue weighted by atomic mass is 10.2. The molecular formula is C19H19FN4O3. The van der Waals surface area contributed by atoms with Gasteiger partial charge in [-0.25, -0.2) is 9.07 Å². The van der Waals surface area contributed by atoms with Gasteiger partial charge in [-0.3, -0.25) is 9.59 Å². The second-order valence-corrected chi connectivity index (χ2v) is 5.79. The summed E-state index contributed by atoms with van der Waals surface area (Å²) in [5, 5.41) is 8.06. The molecule has 0 fully saturated rings. The Morgan fingerprint density at radius 1 is 1.26 bits per heavy atom. The highest BCUT2D eigenvalue weighted by Gasteiger charge is 2.14. The maximum atomic E-state index is 13.5. The molecule has 140 valence electrons. The van der Waals surface area contributed by atoms with Gasteiger partial charge in [0.2, 0.25) is 0 Å². The average molecular weight is 370 g/mol. The minimum atomic E-state index is -0.548. The molecule has 0 aliphatic carbocycles. The van der Waals surface area contributed by atoms with Gasteiger partial charge in [0.05, 0.1) is 23.7 Å². The molecule has 27 heavy (non-hydrogen) atoms. The Hall–Kier alpha value is -3.26. The van der Waals surface area contributed by atoms with Crippen molar-refractivity contribution in [2.45, 2.75) is 6.54 Å². The third-order valence-electron chi connectivity index (χ3n) is 3.93. The van der Waals surface area contributed by atoms with Crippen LogP contribution in [0.3, 0.4) is 0 Å². The highest BCUT2D eigenvalue weighted by atomic mass is 19.1. The van der Waals surface area contributed by atoms with Crippen molar-refractivity contribution in [2.24, 2.45) is 5.73 Å². The number of nitrogens with one attached hydrogen (secondary N) is 1. The number of nitrogens with two attached hydrogens (primary N) is 1. The summed E-state index contributed by atoms with van der Waals surface area (Å²) in [5.74, 6) is -0.802. The molecular weight excluding hydrogens is 351 g/mol. The van der Waals surface area contributed by atoms with Crippen LogP contribution in [0.1, 0.15) is 10.4 Å². The largest absolute Gasteiger partial charge is 0.491 e. The number of rotatable bonds is 7. The maximum Gasteiger partial charge on any atom is 0.274 e. The minimum absolute atomic E-state index is 0.0715. The third-order valence-corrected chi connectivity index (χ3v) is 3.93. The summed E-state index contributed by atoms with van der Waals surface area (Å²) in [6, 6.07) is 10.8. The molecule has 0 atom stereocenters. The zero-order chi connectivity index (χ0) is 19.2. The molecule has 3 aromatic rings. The first-order valence-corrected chi connectivity index (χ1v) is 8.45. The lowest BCUT2D eigenvalue weighted by molar-refractivity contribution is 0.0947. The molecule has 0 unspecified atom stereocenters. The monoisotopic (exact) mass is 370 g/mol. The zero-order valence-electron chi connectivity index (χ0n) is 14.5. The highest BCUT2D eigenvalue weighted by molar-refractivity contribution is 5.96. The quantitative estimate of drug-likeness (QED) is 0.653. The number of hydrogen-bond donors (Lipinski definition) is 2. The summed E-state index contributed by atoms with van der Waals surface area (Å²) < 4.78 is 20.2. The molecule has 8 heteroatoms. The summed E-state index contributed by atoms with van der Waals surface area (Å²) in [5.41, 5.74) is 5.23. The fourth-order valence-corrected chi connectivity index (χ4v) is 2.63. The summed E-state index contributed by atoms with van der Waals surface area (Å²) in [6.07, 6.45) is 1.60. The van der Waals surface area contributed by atoms with Gasteiger partial charge in [0.25, 0.3) is 11.5 Å². The number of nitrogens with zero attached hydrogens (tertiary/aromatic N) is 2. The van der Waals surface area contributed by atoms with Crippen molar-refractivity contribution in [1.29, 1.82) is 0 Å². The topological polar surface area (TPSA) is 99.2 Å². The van der Waals surface area contributed by atoms with Gasteiger partial charge in [-0.1, -0.05) is 18.2 Å². The van der Waals surface area contributed by atoms with Crippen molar-refractivity contribution in [3.63, 3.8) is 0 Å². The lowest BCUT2D eigenvalue weighted by Crippen LogP contribution is -2.32. The van der Waals surface area contributed by atoms with E-state index in [1.54, 1.807) is 18.3 Å². The molecule has 7 nitrogen and oxygen atoms in total. The van der Waals surface area contributed by atoms with Gasteiger partial charge in [0, 0.05) is 18.5 Å². The van der Waals surface area contributed by atoms with Crippen molar-refractivity contribution >= 4 is 16.7 Å². The van der Waals surface area contributed by atoms with Crippen LogP contribution < -0.4 is 21.3 Å². The summed E-state index contributed by atoms with van der Waals surface area (Å²) in [6.45, 7) is 0.817. The number of carbonyl (C=O) groups is 1.